The van der Waals surface area contributed by atoms with E-state index >= 15 is 0 Å². The highest BCUT2D eigenvalue weighted by Crippen LogP contribution is 2.07. The number of aromatic nitrogens is 2. The van der Waals surface area contributed by atoms with Crippen LogP contribution in [0, 0.1) is 6.92 Å². The van der Waals surface area contributed by atoms with Crippen LogP contribution in [-0.2, 0) is 11.5 Å². The number of ether oxygens (including phenoxy) is 1. The van der Waals surface area contributed by atoms with Gasteiger partial charge in [-0.25, -0.2) is 4.68 Å². The Hall–Kier alpha value is -1.03. The number of nitrogen functional groups attached to an aromatic ring is 1. The average molecular weight is 141 g/mol. The summed E-state index contributed by atoms with van der Waals surface area (Å²) >= 11 is 0. The number of rotatable bonds is 2. The minimum absolute atomic E-state index is 0.461. The van der Waals surface area contributed by atoms with Crippen LogP contribution >= 0.6 is 0 Å². The van der Waals surface area contributed by atoms with E-state index in [1.807, 2.05) is 6.92 Å². The predicted molar refractivity (Wildman–Crippen MR) is 38.4 cm³/mol. The SMILES string of the molecule is COCn1ncc(N)c1C. The standard InChI is InChI=1S/C6H11N3O/c1-5-6(7)3-8-9(5)4-10-2/h3H,4,7H2,1-2H3. The van der Waals surface area contributed by atoms with Crippen molar-refractivity contribution in [1.29, 1.82) is 0 Å². The van der Waals surface area contributed by atoms with Crippen LogP contribution in [0.3, 0.4) is 0 Å². The molecular weight excluding hydrogens is 130 g/mol. The Bertz CT molecular complexity index is 219. The van der Waals surface area contributed by atoms with E-state index in [1.165, 1.54) is 0 Å². The van der Waals surface area contributed by atoms with Crippen molar-refractivity contribution in [2.75, 3.05) is 12.8 Å². The Kier molecular flexibility index (Phi) is 1.91. The molecule has 0 aliphatic heterocycles. The Morgan fingerprint density at radius 2 is 2.50 bits per heavy atom. The van der Waals surface area contributed by atoms with Crippen LogP contribution < -0.4 is 5.73 Å². The van der Waals surface area contributed by atoms with Gasteiger partial charge in [0, 0.05) is 7.11 Å². The molecule has 0 radical (unpaired) electrons. The molecular formula is C6H11N3O. The van der Waals surface area contributed by atoms with Crippen LogP contribution in [0.15, 0.2) is 6.20 Å². The van der Waals surface area contributed by atoms with Crippen LogP contribution in [0.5, 0.6) is 0 Å². The summed E-state index contributed by atoms with van der Waals surface area (Å²) in [5.41, 5.74) is 7.18. The van der Waals surface area contributed by atoms with Gasteiger partial charge >= 0.3 is 0 Å². The molecule has 56 valence electrons. The lowest BCUT2D eigenvalue weighted by Crippen LogP contribution is -2.03. The third kappa shape index (κ3) is 1.11. The molecule has 0 bridgehead atoms. The normalized spacial score (nSPS) is 10.2. The second kappa shape index (κ2) is 2.70. The second-order valence-corrected chi connectivity index (χ2v) is 2.10. The van der Waals surface area contributed by atoms with Crippen LogP contribution in [-0.4, -0.2) is 16.9 Å². The molecule has 4 nitrogen and oxygen atoms in total. The summed E-state index contributed by atoms with van der Waals surface area (Å²) in [6, 6.07) is 0. The Morgan fingerprint density at radius 3 is 2.90 bits per heavy atom. The van der Waals surface area contributed by atoms with Crippen molar-refractivity contribution >= 4 is 5.69 Å². The third-order valence-electron chi connectivity index (χ3n) is 1.39. The van der Waals surface area contributed by atoms with E-state index in [4.69, 9.17) is 10.5 Å². The van der Waals surface area contributed by atoms with E-state index in [2.05, 4.69) is 5.10 Å². The first kappa shape index (κ1) is 7.08. The van der Waals surface area contributed by atoms with Crippen molar-refractivity contribution in [3.8, 4) is 0 Å². The Morgan fingerprint density at radius 1 is 1.80 bits per heavy atom. The first-order valence-electron chi connectivity index (χ1n) is 3.02. The summed E-state index contributed by atoms with van der Waals surface area (Å²) in [6.07, 6.45) is 1.62. The molecule has 0 atom stereocenters. The molecule has 0 saturated carbocycles. The summed E-state index contributed by atoms with van der Waals surface area (Å²) in [5.74, 6) is 0. The quantitative estimate of drug-likeness (QED) is 0.647. The first-order valence-corrected chi connectivity index (χ1v) is 3.02. The minimum Gasteiger partial charge on any atom is -0.396 e. The van der Waals surface area contributed by atoms with Gasteiger partial charge < -0.3 is 10.5 Å². The van der Waals surface area contributed by atoms with E-state index in [-0.39, 0.29) is 0 Å². The Labute approximate surface area is 59.6 Å². The molecule has 2 N–H and O–H groups in total. The van der Waals surface area contributed by atoms with E-state index in [0.29, 0.717) is 12.4 Å². The monoisotopic (exact) mass is 141 g/mol. The van der Waals surface area contributed by atoms with Gasteiger partial charge in [0.1, 0.15) is 6.73 Å². The van der Waals surface area contributed by atoms with E-state index in [9.17, 15) is 0 Å². The van der Waals surface area contributed by atoms with Gasteiger partial charge in [-0.15, -0.1) is 0 Å². The van der Waals surface area contributed by atoms with Crippen molar-refractivity contribution in [1.82, 2.24) is 9.78 Å². The zero-order chi connectivity index (χ0) is 7.56. The highest BCUT2D eigenvalue weighted by Gasteiger charge is 1.99. The lowest BCUT2D eigenvalue weighted by molar-refractivity contribution is 0.119. The minimum atomic E-state index is 0.461. The highest BCUT2D eigenvalue weighted by molar-refractivity contribution is 5.39. The fourth-order valence-electron chi connectivity index (χ4n) is 0.713. The molecule has 0 saturated heterocycles. The largest absolute Gasteiger partial charge is 0.396 e. The molecule has 4 heteroatoms. The molecule has 0 spiro atoms. The van der Waals surface area contributed by atoms with Gasteiger partial charge in [0.15, 0.2) is 0 Å². The van der Waals surface area contributed by atoms with Crippen molar-refractivity contribution in [2.24, 2.45) is 0 Å². The number of anilines is 1. The van der Waals surface area contributed by atoms with Crippen molar-refractivity contribution in [3.05, 3.63) is 11.9 Å². The number of hydrogen-bond donors (Lipinski definition) is 1. The maximum absolute atomic E-state index is 5.53. The van der Waals surface area contributed by atoms with Gasteiger partial charge in [-0.2, -0.15) is 5.10 Å². The van der Waals surface area contributed by atoms with E-state index < -0.39 is 0 Å². The zero-order valence-electron chi connectivity index (χ0n) is 6.16. The van der Waals surface area contributed by atoms with Gasteiger partial charge in [0.25, 0.3) is 0 Å². The van der Waals surface area contributed by atoms with Gasteiger partial charge in [-0.05, 0) is 6.92 Å². The van der Waals surface area contributed by atoms with Crippen molar-refractivity contribution in [2.45, 2.75) is 13.7 Å². The van der Waals surface area contributed by atoms with Crippen molar-refractivity contribution in [3.63, 3.8) is 0 Å². The molecule has 1 rings (SSSR count). The highest BCUT2D eigenvalue weighted by atomic mass is 16.5. The number of methoxy groups -OCH3 is 1. The van der Waals surface area contributed by atoms with Crippen LogP contribution in [0.4, 0.5) is 5.69 Å². The molecule has 1 aromatic heterocycles. The lowest BCUT2D eigenvalue weighted by Gasteiger charge is -2.00. The predicted octanol–water partition coefficient (Wildman–Crippen LogP) is 0.378. The summed E-state index contributed by atoms with van der Waals surface area (Å²) in [5, 5.41) is 3.97. The van der Waals surface area contributed by atoms with Crippen LogP contribution in [0.1, 0.15) is 5.69 Å². The van der Waals surface area contributed by atoms with Gasteiger partial charge in [0.2, 0.25) is 0 Å². The molecule has 0 aliphatic rings. The smallest absolute Gasteiger partial charge is 0.139 e. The Balaban J connectivity index is 2.83. The molecule has 0 unspecified atom stereocenters. The zero-order valence-corrected chi connectivity index (χ0v) is 6.16. The molecule has 0 aromatic carbocycles. The topological polar surface area (TPSA) is 53.1 Å². The number of nitrogens with zero attached hydrogens (tertiary/aromatic N) is 2. The van der Waals surface area contributed by atoms with Gasteiger partial charge in [0.05, 0.1) is 17.6 Å². The fourth-order valence-corrected chi connectivity index (χ4v) is 0.713. The second-order valence-electron chi connectivity index (χ2n) is 2.10. The maximum atomic E-state index is 5.53. The van der Waals surface area contributed by atoms with Crippen LogP contribution in [0.25, 0.3) is 0 Å². The summed E-state index contributed by atoms with van der Waals surface area (Å²) in [4.78, 5) is 0. The number of hydrogen-bond acceptors (Lipinski definition) is 3. The molecule has 0 aliphatic carbocycles. The fraction of sp³-hybridized carbons (Fsp3) is 0.500. The molecule has 0 amide bonds. The van der Waals surface area contributed by atoms with Gasteiger partial charge in [-0.3, -0.25) is 0 Å². The lowest BCUT2D eigenvalue weighted by atomic mass is 10.4. The van der Waals surface area contributed by atoms with Gasteiger partial charge in [-0.1, -0.05) is 0 Å². The molecule has 0 fully saturated rings. The summed E-state index contributed by atoms with van der Waals surface area (Å²) in [7, 11) is 1.62. The molecule has 1 heterocycles. The molecule has 10 heavy (non-hydrogen) atoms. The number of nitrogens with two attached hydrogens (primary N) is 1. The molecule has 1 aromatic rings. The maximum Gasteiger partial charge on any atom is 0.139 e. The average Bonchev–Trinajstić information content (AvgIpc) is 2.20. The van der Waals surface area contributed by atoms with E-state index in [0.717, 1.165) is 5.69 Å². The van der Waals surface area contributed by atoms with Crippen LogP contribution in [0.2, 0.25) is 0 Å². The van der Waals surface area contributed by atoms with Crippen molar-refractivity contribution < 1.29 is 4.74 Å². The third-order valence-corrected chi connectivity index (χ3v) is 1.39. The first-order chi connectivity index (χ1) is 4.75. The summed E-state index contributed by atoms with van der Waals surface area (Å²) in [6.45, 7) is 2.37. The van der Waals surface area contributed by atoms with E-state index in [1.54, 1.807) is 18.0 Å². The summed E-state index contributed by atoms with van der Waals surface area (Å²) < 4.78 is 6.57.